The fraction of sp³-hybridized carbons (Fsp3) is 0.231. The molecule has 1 aromatic rings. The second-order valence-corrected chi connectivity index (χ2v) is 2.92. The monoisotopic (exact) mass is 192 g/mol. The van der Waals surface area contributed by atoms with Gasteiger partial charge in [0.25, 0.3) is 0 Å². The smallest absolute Gasteiger partial charge is 0.0785 e. The highest BCUT2D eigenvalue weighted by molar-refractivity contribution is 5.67. The molecule has 0 fully saturated rings. The van der Waals surface area contributed by atoms with E-state index in [1.165, 1.54) is 16.7 Å². The van der Waals surface area contributed by atoms with Crippen LogP contribution in [-0.4, -0.2) is 7.18 Å². The Morgan fingerprint density at radius 1 is 1.07 bits per heavy atom. The molecule has 0 bridgehead atoms. The third kappa shape index (κ3) is 2.56. The van der Waals surface area contributed by atoms with Crippen molar-refractivity contribution in [3.8, 4) is 0 Å². The van der Waals surface area contributed by atoms with Crippen molar-refractivity contribution < 1.29 is 4.39 Å². The molecule has 1 rings (SSSR count). The van der Waals surface area contributed by atoms with E-state index >= 15 is 0 Å². The Hall–Kier alpha value is -1.37. The lowest BCUT2D eigenvalue weighted by atomic mass is 9.98. The quantitative estimate of drug-likeness (QED) is 0.659. The van der Waals surface area contributed by atoms with Crippen molar-refractivity contribution in [1.82, 2.24) is 0 Å². The Kier molecular flexibility index (Phi) is 5.54. The zero-order valence-electron chi connectivity index (χ0n) is 9.10. The van der Waals surface area contributed by atoms with E-state index in [2.05, 4.69) is 39.1 Å². The molecule has 0 radical (unpaired) electrons. The van der Waals surface area contributed by atoms with Crippen LogP contribution < -0.4 is 0 Å². The van der Waals surface area contributed by atoms with Crippen molar-refractivity contribution in [1.29, 1.82) is 0 Å². The van der Waals surface area contributed by atoms with Gasteiger partial charge in [0.2, 0.25) is 0 Å². The largest absolute Gasteiger partial charge is 0.255 e. The van der Waals surface area contributed by atoms with E-state index in [0.29, 0.717) is 7.18 Å². The number of hydrogen-bond acceptors (Lipinski definition) is 0. The molecule has 0 spiro atoms. The van der Waals surface area contributed by atoms with Crippen LogP contribution in [0, 0.1) is 13.8 Å². The number of hydrogen-bond donors (Lipinski definition) is 0. The third-order valence-corrected chi connectivity index (χ3v) is 2.24. The fourth-order valence-electron chi connectivity index (χ4n) is 1.31. The van der Waals surface area contributed by atoms with Crippen molar-refractivity contribution in [2.45, 2.75) is 13.8 Å². The molecule has 76 valence electrons. The van der Waals surface area contributed by atoms with E-state index in [1.54, 1.807) is 0 Å². The van der Waals surface area contributed by atoms with Crippen molar-refractivity contribution in [3.05, 3.63) is 47.5 Å². The van der Waals surface area contributed by atoms with Gasteiger partial charge in [-0.25, -0.2) is 0 Å². The molecule has 0 unspecified atom stereocenters. The van der Waals surface area contributed by atoms with E-state index in [-0.39, 0.29) is 0 Å². The molecule has 0 aliphatic rings. The summed E-state index contributed by atoms with van der Waals surface area (Å²) in [6.45, 7) is 11.8. The molecule has 0 nitrogen and oxygen atoms in total. The van der Waals surface area contributed by atoms with Crippen LogP contribution in [-0.2, 0) is 0 Å². The van der Waals surface area contributed by atoms with Crippen LogP contribution in [0.4, 0.5) is 4.39 Å². The number of aryl methyl sites for hydroxylation is 1. The zero-order chi connectivity index (χ0) is 11.1. The SMILES string of the molecule is C=Cc1ccc(C)c(C)c1C=C.CF. The number of rotatable bonds is 2. The summed E-state index contributed by atoms with van der Waals surface area (Å²) in [6.07, 6.45) is 3.75. The standard InChI is InChI=1S/C12H14.CH3F/c1-5-11-8-7-9(3)10(4)12(11)6-2;1-2/h5-8H,1-2H2,3-4H3;1H3. The summed E-state index contributed by atoms with van der Waals surface area (Å²) < 4.78 is 9.50. The molecule has 0 saturated heterocycles. The Morgan fingerprint density at radius 2 is 1.64 bits per heavy atom. The zero-order valence-corrected chi connectivity index (χ0v) is 9.10. The topological polar surface area (TPSA) is 0 Å². The van der Waals surface area contributed by atoms with Crippen molar-refractivity contribution in [3.63, 3.8) is 0 Å². The molecule has 14 heavy (non-hydrogen) atoms. The summed E-state index contributed by atoms with van der Waals surface area (Å²) in [5.41, 5.74) is 4.95. The van der Waals surface area contributed by atoms with Crippen LogP contribution in [0.5, 0.6) is 0 Å². The lowest BCUT2D eigenvalue weighted by Gasteiger charge is -2.07. The van der Waals surface area contributed by atoms with Crippen LogP contribution in [0.15, 0.2) is 25.3 Å². The van der Waals surface area contributed by atoms with Crippen LogP contribution in [0.3, 0.4) is 0 Å². The first-order valence-corrected chi connectivity index (χ1v) is 4.43. The first kappa shape index (κ1) is 12.6. The van der Waals surface area contributed by atoms with Crippen LogP contribution in [0.2, 0.25) is 0 Å². The summed E-state index contributed by atoms with van der Waals surface area (Å²) >= 11 is 0. The molecule has 0 N–H and O–H groups in total. The van der Waals surface area contributed by atoms with E-state index in [1.807, 2.05) is 12.2 Å². The number of benzene rings is 1. The summed E-state index contributed by atoms with van der Waals surface area (Å²) in [5.74, 6) is 0. The Bertz CT molecular complexity index is 324. The predicted octanol–water partition coefficient (Wildman–Crippen LogP) is 4.18. The van der Waals surface area contributed by atoms with Crippen LogP contribution in [0.1, 0.15) is 22.3 Å². The van der Waals surface area contributed by atoms with Gasteiger partial charge in [-0.3, -0.25) is 4.39 Å². The highest BCUT2D eigenvalue weighted by Crippen LogP contribution is 2.19. The molecule has 1 aromatic carbocycles. The molecule has 0 atom stereocenters. The molecule has 1 heteroatoms. The second kappa shape index (κ2) is 6.14. The molecule has 0 heterocycles. The molecule has 0 aliphatic heterocycles. The Morgan fingerprint density at radius 3 is 2.07 bits per heavy atom. The maximum Gasteiger partial charge on any atom is 0.0785 e. The minimum atomic E-state index is 0.500. The van der Waals surface area contributed by atoms with Gasteiger partial charge in [-0.1, -0.05) is 37.4 Å². The summed E-state index contributed by atoms with van der Waals surface area (Å²) in [5, 5.41) is 0. The third-order valence-electron chi connectivity index (χ3n) is 2.24. The first-order chi connectivity index (χ1) is 6.70. The minimum absolute atomic E-state index is 0.500. The van der Waals surface area contributed by atoms with Gasteiger partial charge in [0.15, 0.2) is 0 Å². The highest BCUT2D eigenvalue weighted by Gasteiger charge is 2.00. The van der Waals surface area contributed by atoms with E-state index in [9.17, 15) is 4.39 Å². The fourth-order valence-corrected chi connectivity index (χ4v) is 1.31. The van der Waals surface area contributed by atoms with Gasteiger partial charge in [-0.15, -0.1) is 0 Å². The predicted molar refractivity (Wildman–Crippen MR) is 63.1 cm³/mol. The molecule has 0 aromatic heterocycles. The average molecular weight is 192 g/mol. The molecule has 0 aliphatic carbocycles. The average Bonchev–Trinajstić information content (AvgIpc) is 2.24. The summed E-state index contributed by atoms with van der Waals surface area (Å²) in [7, 11) is 0.500. The Balaban J connectivity index is 0.000000791. The minimum Gasteiger partial charge on any atom is -0.255 e. The second-order valence-electron chi connectivity index (χ2n) is 2.92. The van der Waals surface area contributed by atoms with Crippen molar-refractivity contribution in [2.75, 3.05) is 7.18 Å². The molecule has 0 amide bonds. The van der Waals surface area contributed by atoms with Gasteiger partial charge in [0.1, 0.15) is 0 Å². The molecule has 0 saturated carbocycles. The van der Waals surface area contributed by atoms with Crippen LogP contribution >= 0.6 is 0 Å². The normalized spacial score (nSPS) is 8.57. The highest BCUT2D eigenvalue weighted by atomic mass is 19.1. The Labute approximate surface area is 85.8 Å². The van der Waals surface area contributed by atoms with E-state index < -0.39 is 0 Å². The lowest BCUT2D eigenvalue weighted by molar-refractivity contribution is 0.636. The van der Waals surface area contributed by atoms with Gasteiger partial charge < -0.3 is 0 Å². The van der Waals surface area contributed by atoms with Gasteiger partial charge in [0, 0.05) is 0 Å². The number of alkyl halides is 1. The van der Waals surface area contributed by atoms with Crippen molar-refractivity contribution >= 4 is 12.2 Å². The summed E-state index contributed by atoms with van der Waals surface area (Å²) in [6, 6.07) is 4.19. The van der Waals surface area contributed by atoms with E-state index in [0.717, 1.165) is 5.56 Å². The van der Waals surface area contributed by atoms with Crippen LogP contribution in [0.25, 0.3) is 12.2 Å². The summed E-state index contributed by atoms with van der Waals surface area (Å²) in [4.78, 5) is 0. The van der Waals surface area contributed by atoms with Gasteiger partial charge in [-0.2, -0.15) is 0 Å². The van der Waals surface area contributed by atoms with Gasteiger partial charge >= 0.3 is 0 Å². The molecular weight excluding hydrogens is 175 g/mol. The lowest BCUT2D eigenvalue weighted by Crippen LogP contribution is -1.89. The van der Waals surface area contributed by atoms with E-state index in [4.69, 9.17) is 0 Å². The van der Waals surface area contributed by atoms with Gasteiger partial charge in [-0.05, 0) is 36.1 Å². The van der Waals surface area contributed by atoms with Crippen molar-refractivity contribution in [2.24, 2.45) is 0 Å². The number of halogens is 1. The maximum atomic E-state index is 9.50. The molecular formula is C13H17F. The van der Waals surface area contributed by atoms with Gasteiger partial charge in [0.05, 0.1) is 7.18 Å². The first-order valence-electron chi connectivity index (χ1n) is 4.43. The maximum absolute atomic E-state index is 9.50.